The Bertz CT molecular complexity index is 642. The second-order valence-electron chi connectivity index (χ2n) is 4.39. The number of carbonyl (C=O) groups is 1. The van der Waals surface area contributed by atoms with E-state index < -0.39 is 17.4 Å². The average Bonchev–Trinajstić information content (AvgIpc) is 2.30. The molecule has 0 aliphatic heterocycles. The molecule has 0 heterocycles. The predicted octanol–water partition coefficient (Wildman–Crippen LogP) is 4.47. The maximum Gasteiger partial charge on any atom is 0.199 e. The summed E-state index contributed by atoms with van der Waals surface area (Å²) in [4.78, 5) is 12.2. The number of ketones is 1. The predicted molar refractivity (Wildman–Crippen MR) is 70.7 cm³/mol. The quantitative estimate of drug-likeness (QED) is 0.742. The molecule has 0 spiro atoms. The van der Waals surface area contributed by atoms with E-state index in [9.17, 15) is 13.6 Å². The van der Waals surface area contributed by atoms with Crippen molar-refractivity contribution in [3.63, 3.8) is 0 Å². The Morgan fingerprint density at radius 3 is 2.37 bits per heavy atom. The van der Waals surface area contributed by atoms with Gasteiger partial charge in [-0.15, -0.1) is 0 Å². The van der Waals surface area contributed by atoms with Gasteiger partial charge in [0.1, 0.15) is 11.6 Å². The Morgan fingerprint density at radius 1 is 1.05 bits per heavy atom. The number of hydrogen-bond donors (Lipinski definition) is 0. The highest BCUT2D eigenvalue weighted by Gasteiger charge is 2.20. The van der Waals surface area contributed by atoms with E-state index in [1.165, 1.54) is 18.2 Å². The van der Waals surface area contributed by atoms with Gasteiger partial charge in [-0.25, -0.2) is 8.78 Å². The highest BCUT2D eigenvalue weighted by atomic mass is 35.5. The Hall–Kier alpha value is -1.74. The number of benzene rings is 2. The van der Waals surface area contributed by atoms with Crippen LogP contribution in [-0.2, 0) is 0 Å². The van der Waals surface area contributed by atoms with Crippen LogP contribution in [0.15, 0.2) is 30.3 Å². The SMILES string of the molecule is Cc1cc(C)c(C(=O)c2cc(Cl)ccc2F)c(F)c1. The van der Waals surface area contributed by atoms with Gasteiger partial charge in [-0.3, -0.25) is 4.79 Å². The standard InChI is InChI=1S/C15H11ClF2O/c1-8-5-9(2)14(13(18)6-8)15(19)11-7-10(16)3-4-12(11)17/h3-7H,1-2H3. The van der Waals surface area contributed by atoms with Crippen molar-refractivity contribution < 1.29 is 13.6 Å². The van der Waals surface area contributed by atoms with E-state index >= 15 is 0 Å². The molecule has 0 aliphatic carbocycles. The van der Waals surface area contributed by atoms with Crippen LogP contribution in [0, 0.1) is 25.5 Å². The van der Waals surface area contributed by atoms with Gasteiger partial charge < -0.3 is 0 Å². The number of hydrogen-bond acceptors (Lipinski definition) is 1. The lowest BCUT2D eigenvalue weighted by Crippen LogP contribution is -2.09. The summed E-state index contributed by atoms with van der Waals surface area (Å²) in [5.74, 6) is -2.06. The van der Waals surface area contributed by atoms with Crippen LogP contribution in [-0.4, -0.2) is 5.78 Å². The first-order valence-corrected chi connectivity index (χ1v) is 6.04. The summed E-state index contributed by atoms with van der Waals surface area (Å²) >= 11 is 5.74. The van der Waals surface area contributed by atoms with Gasteiger partial charge in [-0.05, 0) is 49.2 Å². The van der Waals surface area contributed by atoms with Gasteiger partial charge in [0.05, 0.1) is 11.1 Å². The Kier molecular flexibility index (Phi) is 3.67. The van der Waals surface area contributed by atoms with Crippen molar-refractivity contribution in [2.75, 3.05) is 0 Å². The van der Waals surface area contributed by atoms with Crippen LogP contribution < -0.4 is 0 Å². The van der Waals surface area contributed by atoms with Gasteiger partial charge in [0.25, 0.3) is 0 Å². The molecule has 0 bridgehead atoms. The van der Waals surface area contributed by atoms with E-state index in [2.05, 4.69) is 0 Å². The van der Waals surface area contributed by atoms with Crippen molar-refractivity contribution >= 4 is 17.4 Å². The molecule has 0 aromatic heterocycles. The number of aryl methyl sites for hydroxylation is 2. The lowest BCUT2D eigenvalue weighted by molar-refractivity contribution is 0.103. The third-order valence-electron chi connectivity index (χ3n) is 2.83. The summed E-state index contributed by atoms with van der Waals surface area (Å²) in [6.45, 7) is 3.34. The molecular weight excluding hydrogens is 270 g/mol. The fourth-order valence-corrected chi connectivity index (χ4v) is 2.18. The number of rotatable bonds is 2. The second-order valence-corrected chi connectivity index (χ2v) is 4.83. The fourth-order valence-electron chi connectivity index (χ4n) is 2.01. The molecule has 0 aliphatic rings. The first-order chi connectivity index (χ1) is 8.90. The van der Waals surface area contributed by atoms with Crippen LogP contribution in [0.5, 0.6) is 0 Å². The highest BCUT2D eigenvalue weighted by molar-refractivity contribution is 6.31. The highest BCUT2D eigenvalue weighted by Crippen LogP contribution is 2.23. The molecule has 2 aromatic rings. The summed E-state index contributed by atoms with van der Waals surface area (Å²) in [7, 11) is 0. The summed E-state index contributed by atoms with van der Waals surface area (Å²) in [5, 5.41) is 0.231. The van der Waals surface area contributed by atoms with E-state index in [1.807, 2.05) is 0 Å². The molecule has 4 heteroatoms. The van der Waals surface area contributed by atoms with E-state index in [-0.39, 0.29) is 16.1 Å². The Labute approximate surface area is 114 Å². The van der Waals surface area contributed by atoms with Crippen LogP contribution >= 0.6 is 11.6 Å². The van der Waals surface area contributed by atoms with Gasteiger partial charge in [0, 0.05) is 5.02 Å². The Balaban J connectivity index is 2.59. The van der Waals surface area contributed by atoms with E-state index in [0.717, 1.165) is 6.07 Å². The minimum atomic E-state index is -0.714. The van der Waals surface area contributed by atoms with Crippen LogP contribution in [0.3, 0.4) is 0 Å². The maximum absolute atomic E-state index is 13.9. The van der Waals surface area contributed by atoms with Crippen molar-refractivity contribution in [1.29, 1.82) is 0 Å². The largest absolute Gasteiger partial charge is 0.288 e. The molecule has 19 heavy (non-hydrogen) atoms. The van der Waals surface area contributed by atoms with E-state index in [1.54, 1.807) is 19.9 Å². The second kappa shape index (κ2) is 5.10. The van der Waals surface area contributed by atoms with Crippen molar-refractivity contribution in [3.8, 4) is 0 Å². The number of halogens is 3. The van der Waals surface area contributed by atoms with E-state index in [0.29, 0.717) is 11.1 Å². The Morgan fingerprint density at radius 2 is 1.74 bits per heavy atom. The molecule has 0 saturated carbocycles. The third kappa shape index (κ3) is 2.66. The zero-order chi connectivity index (χ0) is 14.2. The summed E-state index contributed by atoms with van der Waals surface area (Å²) in [5.41, 5.74) is 0.838. The van der Waals surface area contributed by atoms with Crippen LogP contribution in [0.1, 0.15) is 27.0 Å². The first kappa shape index (κ1) is 13.7. The zero-order valence-electron chi connectivity index (χ0n) is 10.4. The topological polar surface area (TPSA) is 17.1 Å². The molecule has 0 saturated heterocycles. The summed E-state index contributed by atoms with van der Waals surface area (Å²) in [6, 6.07) is 6.57. The number of carbonyl (C=O) groups excluding carboxylic acids is 1. The van der Waals surface area contributed by atoms with E-state index in [4.69, 9.17) is 11.6 Å². The van der Waals surface area contributed by atoms with Gasteiger partial charge in [-0.1, -0.05) is 17.7 Å². The van der Waals surface area contributed by atoms with Crippen molar-refractivity contribution in [1.82, 2.24) is 0 Å². The van der Waals surface area contributed by atoms with Crippen molar-refractivity contribution in [3.05, 3.63) is 69.2 Å². The molecular formula is C15H11ClF2O. The van der Waals surface area contributed by atoms with Crippen LogP contribution in [0.25, 0.3) is 0 Å². The molecule has 0 amide bonds. The normalized spacial score (nSPS) is 10.6. The van der Waals surface area contributed by atoms with Gasteiger partial charge in [-0.2, -0.15) is 0 Å². The maximum atomic E-state index is 13.9. The molecule has 0 atom stereocenters. The van der Waals surface area contributed by atoms with Gasteiger partial charge in [0.15, 0.2) is 5.78 Å². The molecule has 2 rings (SSSR count). The average molecular weight is 281 g/mol. The van der Waals surface area contributed by atoms with Gasteiger partial charge in [0.2, 0.25) is 0 Å². The first-order valence-electron chi connectivity index (χ1n) is 5.66. The minimum absolute atomic E-state index is 0.119. The van der Waals surface area contributed by atoms with Crippen molar-refractivity contribution in [2.45, 2.75) is 13.8 Å². The molecule has 98 valence electrons. The molecule has 0 fully saturated rings. The summed E-state index contributed by atoms with van der Waals surface area (Å²) < 4.78 is 27.5. The zero-order valence-corrected chi connectivity index (χ0v) is 11.2. The lowest BCUT2D eigenvalue weighted by Gasteiger charge is -2.09. The molecule has 2 aromatic carbocycles. The fraction of sp³-hybridized carbons (Fsp3) is 0.133. The molecule has 0 N–H and O–H groups in total. The third-order valence-corrected chi connectivity index (χ3v) is 3.07. The smallest absolute Gasteiger partial charge is 0.199 e. The summed E-state index contributed by atoms with van der Waals surface area (Å²) in [6.07, 6.45) is 0. The molecule has 0 unspecified atom stereocenters. The minimum Gasteiger partial charge on any atom is -0.288 e. The van der Waals surface area contributed by atoms with Crippen molar-refractivity contribution in [2.24, 2.45) is 0 Å². The van der Waals surface area contributed by atoms with Crippen LogP contribution in [0.4, 0.5) is 8.78 Å². The van der Waals surface area contributed by atoms with Gasteiger partial charge >= 0.3 is 0 Å². The van der Waals surface area contributed by atoms with Crippen LogP contribution in [0.2, 0.25) is 5.02 Å². The molecule has 0 radical (unpaired) electrons. The lowest BCUT2D eigenvalue weighted by atomic mass is 9.96. The monoisotopic (exact) mass is 280 g/mol. The molecule has 1 nitrogen and oxygen atoms in total.